The highest BCUT2D eigenvalue weighted by Crippen LogP contribution is 2.29. The van der Waals surface area contributed by atoms with E-state index in [1.54, 1.807) is 12.1 Å². The Morgan fingerprint density at radius 1 is 0.972 bits per heavy atom. The molecule has 182 valence electrons. The summed E-state index contributed by atoms with van der Waals surface area (Å²) in [4.78, 5) is 52.2. The van der Waals surface area contributed by atoms with Crippen LogP contribution < -0.4 is 15.1 Å². The highest BCUT2D eigenvalue weighted by atomic mass is 32.2. The molecular formula is C26H24N6O3S. The molecule has 10 heteroatoms. The summed E-state index contributed by atoms with van der Waals surface area (Å²) in [6.07, 6.45) is 1.60. The second-order valence-corrected chi connectivity index (χ2v) is 9.36. The molecule has 2 aliphatic rings. The number of carbonyl (C=O) groups is 3. The molecule has 1 N–H and O–H groups in total. The van der Waals surface area contributed by atoms with Gasteiger partial charge in [-0.15, -0.1) is 0 Å². The minimum absolute atomic E-state index is 0.00749. The molecule has 3 amide bonds. The van der Waals surface area contributed by atoms with Gasteiger partial charge in [-0.25, -0.2) is 4.98 Å². The van der Waals surface area contributed by atoms with Crippen LogP contribution in [0.3, 0.4) is 0 Å². The fourth-order valence-electron chi connectivity index (χ4n) is 4.04. The summed E-state index contributed by atoms with van der Waals surface area (Å²) in [5.41, 5.74) is 2.14. The second-order valence-electron chi connectivity index (χ2n) is 8.34. The summed E-state index contributed by atoms with van der Waals surface area (Å²) >= 11 is 0.852. The van der Waals surface area contributed by atoms with Gasteiger partial charge in [0, 0.05) is 50.5 Å². The van der Waals surface area contributed by atoms with E-state index in [-0.39, 0.29) is 10.8 Å². The van der Waals surface area contributed by atoms with Gasteiger partial charge in [-0.05, 0) is 42.1 Å². The van der Waals surface area contributed by atoms with E-state index in [1.165, 1.54) is 0 Å². The number of anilines is 3. The molecule has 3 aromatic rings. The van der Waals surface area contributed by atoms with Crippen LogP contribution >= 0.6 is 11.8 Å². The number of para-hydroxylation sites is 1. The minimum Gasteiger partial charge on any atom is -0.337 e. The van der Waals surface area contributed by atoms with Gasteiger partial charge in [-0.2, -0.15) is 4.98 Å². The van der Waals surface area contributed by atoms with Crippen LogP contribution in [0.1, 0.15) is 16.1 Å². The zero-order valence-corrected chi connectivity index (χ0v) is 20.4. The van der Waals surface area contributed by atoms with E-state index in [9.17, 15) is 14.4 Å². The van der Waals surface area contributed by atoms with Crippen molar-refractivity contribution in [2.45, 2.75) is 0 Å². The van der Waals surface area contributed by atoms with E-state index < -0.39 is 11.1 Å². The molecule has 0 spiro atoms. The first-order valence-electron chi connectivity index (χ1n) is 11.5. The van der Waals surface area contributed by atoms with Gasteiger partial charge in [0.2, 0.25) is 5.95 Å². The van der Waals surface area contributed by atoms with Gasteiger partial charge in [-0.3, -0.25) is 19.7 Å². The van der Waals surface area contributed by atoms with Crippen LogP contribution in [0.2, 0.25) is 0 Å². The molecule has 0 aliphatic carbocycles. The number of carbonyl (C=O) groups excluding carboxylic acids is 3. The Morgan fingerprint density at radius 3 is 2.28 bits per heavy atom. The number of hydrogen-bond donors (Lipinski definition) is 1. The number of aromatic nitrogens is 2. The number of rotatable bonds is 5. The fraction of sp³-hybridized carbons (Fsp3) is 0.192. The Morgan fingerprint density at radius 2 is 1.64 bits per heavy atom. The minimum atomic E-state index is -0.434. The van der Waals surface area contributed by atoms with E-state index in [0.29, 0.717) is 49.2 Å². The third kappa shape index (κ3) is 5.08. The van der Waals surface area contributed by atoms with Gasteiger partial charge in [0.1, 0.15) is 5.82 Å². The van der Waals surface area contributed by atoms with Crippen molar-refractivity contribution in [1.82, 2.24) is 20.2 Å². The lowest BCUT2D eigenvalue weighted by atomic mass is 10.2. The molecule has 5 rings (SSSR count). The van der Waals surface area contributed by atoms with Crippen molar-refractivity contribution in [3.8, 4) is 0 Å². The van der Waals surface area contributed by atoms with Gasteiger partial charge in [0.15, 0.2) is 0 Å². The van der Waals surface area contributed by atoms with Crippen molar-refractivity contribution >= 4 is 52.3 Å². The van der Waals surface area contributed by atoms with Crippen molar-refractivity contribution < 1.29 is 14.4 Å². The van der Waals surface area contributed by atoms with E-state index >= 15 is 0 Å². The van der Waals surface area contributed by atoms with Crippen LogP contribution in [0, 0.1) is 0 Å². The third-order valence-electron chi connectivity index (χ3n) is 6.00. The first-order valence-corrected chi connectivity index (χ1v) is 12.3. The highest BCUT2D eigenvalue weighted by Gasteiger charge is 2.27. The van der Waals surface area contributed by atoms with E-state index in [0.717, 1.165) is 17.4 Å². The van der Waals surface area contributed by atoms with E-state index in [2.05, 4.69) is 10.3 Å². The van der Waals surface area contributed by atoms with Gasteiger partial charge in [-0.1, -0.05) is 36.4 Å². The van der Waals surface area contributed by atoms with Gasteiger partial charge < -0.3 is 14.7 Å². The van der Waals surface area contributed by atoms with Crippen molar-refractivity contribution in [3.63, 3.8) is 0 Å². The Kier molecular flexibility index (Phi) is 6.68. The maximum Gasteiger partial charge on any atom is 0.290 e. The molecule has 3 heterocycles. The average Bonchev–Trinajstić information content (AvgIpc) is 3.24. The molecule has 1 aromatic heterocycles. The highest BCUT2D eigenvalue weighted by molar-refractivity contribution is 8.18. The molecule has 2 aliphatic heterocycles. The SMILES string of the molecule is CN(c1ccccc1)c1cc(C=C2SC(=O)NC2=O)nc(N2CCN(C(=O)c3ccccc3)CC2)n1. The monoisotopic (exact) mass is 500 g/mol. The molecule has 0 bridgehead atoms. The third-order valence-corrected chi connectivity index (χ3v) is 6.81. The van der Waals surface area contributed by atoms with Gasteiger partial charge in [0.05, 0.1) is 10.6 Å². The summed E-state index contributed by atoms with van der Waals surface area (Å²) in [5.74, 6) is 0.725. The van der Waals surface area contributed by atoms with Crippen molar-refractivity contribution in [1.29, 1.82) is 0 Å². The van der Waals surface area contributed by atoms with Crippen molar-refractivity contribution in [2.75, 3.05) is 43.0 Å². The molecule has 2 fully saturated rings. The van der Waals surface area contributed by atoms with Crippen molar-refractivity contribution in [2.24, 2.45) is 0 Å². The Labute approximate surface area is 212 Å². The first-order chi connectivity index (χ1) is 17.5. The number of nitrogens with zero attached hydrogens (tertiary/aromatic N) is 5. The summed E-state index contributed by atoms with van der Waals surface area (Å²) in [5, 5.41) is 1.87. The number of imide groups is 1. The van der Waals surface area contributed by atoms with Gasteiger partial charge in [0.25, 0.3) is 17.1 Å². The fourth-order valence-corrected chi connectivity index (χ4v) is 4.71. The number of hydrogen-bond acceptors (Lipinski definition) is 8. The average molecular weight is 501 g/mol. The van der Waals surface area contributed by atoms with Gasteiger partial charge >= 0.3 is 0 Å². The van der Waals surface area contributed by atoms with Crippen LogP contribution in [-0.2, 0) is 4.79 Å². The number of amides is 3. The second kappa shape index (κ2) is 10.2. The lowest BCUT2D eigenvalue weighted by Crippen LogP contribution is -2.49. The molecule has 2 aromatic carbocycles. The molecule has 36 heavy (non-hydrogen) atoms. The smallest absolute Gasteiger partial charge is 0.290 e. The molecule has 0 radical (unpaired) electrons. The largest absolute Gasteiger partial charge is 0.337 e. The number of piperazine rings is 1. The molecule has 0 saturated carbocycles. The normalized spacial score (nSPS) is 16.9. The molecular weight excluding hydrogens is 476 g/mol. The molecule has 0 unspecified atom stereocenters. The maximum atomic E-state index is 12.8. The predicted octanol–water partition coefficient (Wildman–Crippen LogP) is 3.53. The lowest BCUT2D eigenvalue weighted by molar-refractivity contribution is -0.115. The Bertz CT molecular complexity index is 1320. The summed E-state index contributed by atoms with van der Waals surface area (Å²) in [7, 11) is 1.91. The molecule has 9 nitrogen and oxygen atoms in total. The Hall–Kier alpha value is -4.18. The number of thioether (sulfide) groups is 1. The zero-order chi connectivity index (χ0) is 25.1. The van der Waals surface area contributed by atoms with E-state index in [1.807, 2.05) is 82.4 Å². The summed E-state index contributed by atoms with van der Waals surface area (Å²) < 4.78 is 0. The van der Waals surface area contributed by atoms with Crippen LogP contribution in [0.25, 0.3) is 6.08 Å². The lowest BCUT2D eigenvalue weighted by Gasteiger charge is -2.35. The Balaban J connectivity index is 1.41. The quantitative estimate of drug-likeness (QED) is 0.532. The number of nitrogens with one attached hydrogen (secondary N) is 1. The number of benzene rings is 2. The summed E-state index contributed by atoms with van der Waals surface area (Å²) in [6, 6.07) is 20.8. The van der Waals surface area contributed by atoms with Crippen LogP contribution in [0.15, 0.2) is 71.6 Å². The van der Waals surface area contributed by atoms with Crippen molar-refractivity contribution in [3.05, 3.63) is 82.9 Å². The van der Waals surface area contributed by atoms with Crippen LogP contribution in [0.4, 0.5) is 22.2 Å². The van der Waals surface area contributed by atoms with E-state index in [4.69, 9.17) is 4.98 Å². The standard InChI is InChI=1S/C26H24N6O3S/c1-30(20-10-6-3-7-11-20)22-17-19(16-21-23(33)29-26(35)36-21)27-25(28-22)32-14-12-31(13-15-32)24(34)18-8-4-2-5-9-18/h2-11,16-17H,12-15H2,1H3,(H,29,33,35). The zero-order valence-electron chi connectivity index (χ0n) is 19.6. The molecule has 0 atom stereocenters. The topological polar surface area (TPSA) is 98.7 Å². The van der Waals surface area contributed by atoms with Crippen LogP contribution in [-0.4, -0.2) is 65.1 Å². The summed E-state index contributed by atoms with van der Waals surface area (Å²) in [6.45, 7) is 2.22. The maximum absolute atomic E-state index is 12.8. The molecule has 2 saturated heterocycles. The predicted molar refractivity (Wildman–Crippen MR) is 140 cm³/mol. The first kappa shape index (κ1) is 23.6. The van der Waals surface area contributed by atoms with Crippen LogP contribution in [0.5, 0.6) is 0 Å².